The van der Waals surface area contributed by atoms with E-state index in [4.69, 9.17) is 10.2 Å². The largest absolute Gasteiger partial charge is 0.427 e. The average molecular weight is 369 g/mol. The summed E-state index contributed by atoms with van der Waals surface area (Å²) >= 11 is 0. The molecule has 0 bridgehead atoms. The zero-order valence-electron chi connectivity index (χ0n) is 15.4. The number of piperidine rings is 1. The minimum atomic E-state index is -0.656. The quantitative estimate of drug-likeness (QED) is 0.763. The SMILES string of the molecule is Cc1ccc(C(N)=O)cc1NC(=O)c1c(C)cc(C2CCCNC2)oc1=O. The first kappa shape index (κ1) is 18.8. The van der Waals surface area contributed by atoms with Crippen molar-refractivity contribution in [2.45, 2.75) is 32.6 Å². The summed E-state index contributed by atoms with van der Waals surface area (Å²) in [6, 6.07) is 6.53. The number of aryl methyl sites for hydroxylation is 2. The highest BCUT2D eigenvalue weighted by molar-refractivity contribution is 6.06. The smallest absolute Gasteiger partial charge is 0.349 e. The molecule has 4 N–H and O–H groups in total. The topological polar surface area (TPSA) is 114 Å². The van der Waals surface area contributed by atoms with Crippen molar-refractivity contribution >= 4 is 17.5 Å². The minimum absolute atomic E-state index is 0.0357. The normalized spacial score (nSPS) is 16.7. The van der Waals surface area contributed by atoms with Crippen molar-refractivity contribution in [1.29, 1.82) is 0 Å². The molecule has 2 heterocycles. The van der Waals surface area contributed by atoms with Crippen LogP contribution in [0.15, 0.2) is 33.5 Å². The molecule has 1 saturated heterocycles. The molecule has 1 aromatic heterocycles. The van der Waals surface area contributed by atoms with Crippen LogP contribution in [0.3, 0.4) is 0 Å². The highest BCUT2D eigenvalue weighted by Crippen LogP contribution is 2.24. The number of primary amides is 1. The third-order valence-corrected chi connectivity index (χ3v) is 4.86. The van der Waals surface area contributed by atoms with E-state index in [1.807, 2.05) is 0 Å². The Balaban J connectivity index is 1.88. The summed E-state index contributed by atoms with van der Waals surface area (Å²) < 4.78 is 5.45. The molecule has 1 unspecified atom stereocenters. The third kappa shape index (κ3) is 4.09. The Morgan fingerprint density at radius 3 is 2.63 bits per heavy atom. The van der Waals surface area contributed by atoms with Gasteiger partial charge in [-0.25, -0.2) is 4.79 Å². The first-order valence-electron chi connectivity index (χ1n) is 8.94. The Morgan fingerprint density at radius 2 is 2.00 bits per heavy atom. The van der Waals surface area contributed by atoms with E-state index >= 15 is 0 Å². The van der Waals surface area contributed by atoms with Crippen molar-refractivity contribution in [1.82, 2.24) is 5.32 Å². The summed E-state index contributed by atoms with van der Waals surface area (Å²) in [7, 11) is 0. The highest BCUT2D eigenvalue weighted by atomic mass is 16.4. The van der Waals surface area contributed by atoms with E-state index in [9.17, 15) is 14.4 Å². The Kier molecular flexibility index (Phi) is 5.41. The zero-order chi connectivity index (χ0) is 19.6. The number of nitrogens with one attached hydrogen (secondary N) is 2. The van der Waals surface area contributed by atoms with Crippen LogP contribution in [0.4, 0.5) is 5.69 Å². The number of rotatable bonds is 4. The van der Waals surface area contributed by atoms with Crippen LogP contribution >= 0.6 is 0 Å². The third-order valence-electron chi connectivity index (χ3n) is 4.86. The second kappa shape index (κ2) is 7.75. The molecule has 0 saturated carbocycles. The fourth-order valence-corrected chi connectivity index (χ4v) is 3.30. The molecule has 1 fully saturated rings. The monoisotopic (exact) mass is 369 g/mol. The van der Waals surface area contributed by atoms with Gasteiger partial charge in [-0.05, 0) is 62.6 Å². The van der Waals surface area contributed by atoms with Gasteiger partial charge in [0, 0.05) is 23.7 Å². The number of hydrogen-bond acceptors (Lipinski definition) is 5. The average Bonchev–Trinajstić information content (AvgIpc) is 2.63. The number of anilines is 1. The lowest BCUT2D eigenvalue weighted by atomic mass is 9.95. The molecule has 27 heavy (non-hydrogen) atoms. The number of hydrogen-bond donors (Lipinski definition) is 3. The van der Waals surface area contributed by atoms with Gasteiger partial charge >= 0.3 is 5.63 Å². The zero-order valence-corrected chi connectivity index (χ0v) is 15.4. The molecule has 2 aromatic rings. The number of carbonyl (C=O) groups excluding carboxylic acids is 2. The molecule has 1 atom stereocenters. The summed E-state index contributed by atoms with van der Waals surface area (Å²) in [6.45, 7) is 5.23. The van der Waals surface area contributed by atoms with Crippen molar-refractivity contribution < 1.29 is 14.0 Å². The van der Waals surface area contributed by atoms with Gasteiger partial charge in [0.1, 0.15) is 11.3 Å². The van der Waals surface area contributed by atoms with E-state index in [0.29, 0.717) is 17.0 Å². The molecule has 3 rings (SSSR count). The van der Waals surface area contributed by atoms with Gasteiger partial charge in [-0.1, -0.05) is 6.07 Å². The van der Waals surface area contributed by atoms with E-state index in [1.165, 1.54) is 6.07 Å². The van der Waals surface area contributed by atoms with Crippen LogP contribution in [0.1, 0.15) is 56.4 Å². The molecule has 1 aliphatic heterocycles. The molecular formula is C20H23N3O4. The predicted octanol–water partition coefficient (Wildman–Crippen LogP) is 2.07. The molecule has 2 amide bonds. The van der Waals surface area contributed by atoms with Crippen LogP contribution in [0, 0.1) is 13.8 Å². The first-order valence-corrected chi connectivity index (χ1v) is 8.94. The summed E-state index contributed by atoms with van der Waals surface area (Å²) in [5, 5.41) is 5.97. The van der Waals surface area contributed by atoms with Crippen molar-refractivity contribution in [3.8, 4) is 0 Å². The van der Waals surface area contributed by atoms with Crippen LogP contribution in [0.5, 0.6) is 0 Å². The predicted molar refractivity (Wildman–Crippen MR) is 102 cm³/mol. The Morgan fingerprint density at radius 1 is 1.22 bits per heavy atom. The van der Waals surface area contributed by atoms with E-state index in [0.717, 1.165) is 31.5 Å². The van der Waals surface area contributed by atoms with E-state index in [1.54, 1.807) is 32.0 Å². The van der Waals surface area contributed by atoms with Crippen LogP contribution in [0.2, 0.25) is 0 Å². The van der Waals surface area contributed by atoms with Gasteiger partial charge in [0.2, 0.25) is 5.91 Å². The van der Waals surface area contributed by atoms with Gasteiger partial charge in [0.15, 0.2) is 0 Å². The molecule has 1 aliphatic rings. The summed E-state index contributed by atoms with van der Waals surface area (Å²) in [4.78, 5) is 36.5. The van der Waals surface area contributed by atoms with Crippen LogP contribution in [0.25, 0.3) is 0 Å². The summed E-state index contributed by atoms with van der Waals surface area (Å²) in [6.07, 6.45) is 1.96. The lowest BCUT2D eigenvalue weighted by Crippen LogP contribution is -2.30. The fourth-order valence-electron chi connectivity index (χ4n) is 3.30. The van der Waals surface area contributed by atoms with Crippen molar-refractivity contribution in [2.75, 3.05) is 18.4 Å². The van der Waals surface area contributed by atoms with Crippen molar-refractivity contribution in [2.24, 2.45) is 5.73 Å². The summed E-state index contributed by atoms with van der Waals surface area (Å²) in [5.74, 6) is -0.421. The van der Waals surface area contributed by atoms with E-state index < -0.39 is 17.4 Å². The van der Waals surface area contributed by atoms with E-state index in [-0.39, 0.29) is 17.0 Å². The van der Waals surface area contributed by atoms with Gasteiger partial charge in [-0.2, -0.15) is 0 Å². The maximum atomic E-state index is 12.7. The maximum Gasteiger partial charge on any atom is 0.349 e. The van der Waals surface area contributed by atoms with Crippen molar-refractivity contribution in [3.63, 3.8) is 0 Å². The fraction of sp³-hybridized carbons (Fsp3) is 0.350. The van der Waals surface area contributed by atoms with E-state index in [2.05, 4.69) is 10.6 Å². The number of benzene rings is 1. The maximum absolute atomic E-state index is 12.7. The second-order valence-electron chi connectivity index (χ2n) is 6.89. The van der Waals surface area contributed by atoms with Gasteiger partial charge in [0.05, 0.1) is 0 Å². The molecule has 142 valence electrons. The van der Waals surface area contributed by atoms with Crippen LogP contribution < -0.4 is 22.0 Å². The Bertz CT molecular complexity index is 943. The molecule has 0 aliphatic carbocycles. The Hall–Kier alpha value is -2.93. The Labute approximate surface area is 156 Å². The number of amides is 2. The molecular weight excluding hydrogens is 346 g/mol. The lowest BCUT2D eigenvalue weighted by Gasteiger charge is -2.22. The molecule has 7 nitrogen and oxygen atoms in total. The van der Waals surface area contributed by atoms with Crippen LogP contribution in [-0.4, -0.2) is 24.9 Å². The number of carbonyl (C=O) groups is 2. The lowest BCUT2D eigenvalue weighted by molar-refractivity contribution is 0.0995. The summed E-state index contributed by atoms with van der Waals surface area (Å²) in [5.41, 5.74) is 6.61. The molecule has 0 radical (unpaired) electrons. The second-order valence-corrected chi connectivity index (χ2v) is 6.89. The molecule has 0 spiro atoms. The van der Waals surface area contributed by atoms with Crippen molar-refractivity contribution in [3.05, 3.63) is 62.7 Å². The van der Waals surface area contributed by atoms with Gasteiger partial charge < -0.3 is 20.8 Å². The first-order chi connectivity index (χ1) is 12.9. The highest BCUT2D eigenvalue weighted by Gasteiger charge is 2.23. The van der Waals surface area contributed by atoms with Gasteiger partial charge in [-0.3, -0.25) is 9.59 Å². The molecule has 1 aromatic carbocycles. The standard InChI is InChI=1S/C20H23N3O4/c1-11-5-6-13(18(21)24)9-15(11)23-19(25)17-12(2)8-16(27-20(17)26)14-4-3-7-22-10-14/h5-6,8-9,14,22H,3-4,7,10H2,1-2H3,(H2,21,24)(H,23,25). The van der Waals surface area contributed by atoms with Crippen LogP contribution in [-0.2, 0) is 0 Å². The number of nitrogens with two attached hydrogens (primary N) is 1. The van der Waals surface area contributed by atoms with Gasteiger partial charge in [0.25, 0.3) is 5.91 Å². The van der Waals surface area contributed by atoms with Gasteiger partial charge in [-0.15, -0.1) is 0 Å². The minimum Gasteiger partial charge on any atom is -0.427 e. The molecule has 7 heteroatoms.